The van der Waals surface area contributed by atoms with E-state index >= 15 is 0 Å². The fourth-order valence-corrected chi connectivity index (χ4v) is 2.29. The normalized spacial score (nSPS) is 23.9. The molecule has 0 aromatic heterocycles. The third kappa shape index (κ3) is 5.14. The third-order valence-corrected chi connectivity index (χ3v) is 3.15. The summed E-state index contributed by atoms with van der Waals surface area (Å²) in [5.41, 5.74) is 1.14. The molecule has 0 spiro atoms. The van der Waals surface area contributed by atoms with Gasteiger partial charge in [0.1, 0.15) is 18.8 Å². The highest BCUT2D eigenvalue weighted by molar-refractivity contribution is 5.13. The van der Waals surface area contributed by atoms with Crippen molar-refractivity contribution in [2.24, 2.45) is 0 Å². The second kappa shape index (κ2) is 7.58. The number of hydrogen-bond acceptors (Lipinski definition) is 4. The van der Waals surface area contributed by atoms with Gasteiger partial charge in [-0.05, 0) is 19.4 Å². The van der Waals surface area contributed by atoms with E-state index in [0.29, 0.717) is 19.8 Å². The largest absolute Gasteiger partial charge is 0.374 e. The zero-order chi connectivity index (χ0) is 15.1. The highest BCUT2D eigenvalue weighted by atomic mass is 16.8. The first-order valence-electron chi connectivity index (χ1n) is 7.09. The van der Waals surface area contributed by atoms with E-state index in [4.69, 9.17) is 25.4 Å². The van der Waals surface area contributed by atoms with Crippen LogP contribution >= 0.6 is 0 Å². The van der Waals surface area contributed by atoms with Crippen LogP contribution in [0.2, 0.25) is 0 Å². The van der Waals surface area contributed by atoms with E-state index < -0.39 is 5.79 Å². The van der Waals surface area contributed by atoms with E-state index in [2.05, 4.69) is 5.92 Å². The molecule has 0 bridgehead atoms. The minimum atomic E-state index is -0.620. The molecule has 114 valence electrons. The van der Waals surface area contributed by atoms with E-state index in [0.717, 1.165) is 5.56 Å². The van der Waals surface area contributed by atoms with Crippen LogP contribution in [0.3, 0.4) is 0 Å². The molecule has 1 heterocycles. The lowest BCUT2D eigenvalue weighted by molar-refractivity contribution is -0.154. The molecule has 1 aliphatic rings. The van der Waals surface area contributed by atoms with Crippen molar-refractivity contribution in [1.29, 1.82) is 0 Å². The molecule has 2 atom stereocenters. The van der Waals surface area contributed by atoms with Crippen LogP contribution in [-0.4, -0.2) is 37.8 Å². The standard InChI is InChI=1S/C17H22O4/c1-4-10-18-12-15-16(21-17(2,3)20-15)13-19-11-14-8-6-5-7-9-14/h1,5-9,15-16H,10-13H2,2-3H3/t15-,16-/m0/s1. The Morgan fingerprint density at radius 2 is 1.71 bits per heavy atom. The minimum Gasteiger partial charge on any atom is -0.374 e. The first-order chi connectivity index (χ1) is 10.1. The van der Waals surface area contributed by atoms with Gasteiger partial charge in [-0.1, -0.05) is 36.3 Å². The van der Waals surface area contributed by atoms with Crippen molar-refractivity contribution in [2.75, 3.05) is 19.8 Å². The molecule has 1 aromatic rings. The van der Waals surface area contributed by atoms with Gasteiger partial charge in [0.25, 0.3) is 0 Å². The molecule has 0 unspecified atom stereocenters. The Bertz CT molecular complexity index is 463. The molecule has 1 fully saturated rings. The monoisotopic (exact) mass is 290 g/mol. The second-order valence-electron chi connectivity index (χ2n) is 5.43. The van der Waals surface area contributed by atoms with E-state index in [1.54, 1.807) is 0 Å². The summed E-state index contributed by atoms with van der Waals surface area (Å²) in [7, 11) is 0. The fraction of sp³-hybridized carbons (Fsp3) is 0.529. The number of rotatable bonds is 7. The van der Waals surface area contributed by atoms with Gasteiger partial charge in [-0.2, -0.15) is 0 Å². The molecule has 1 aliphatic heterocycles. The zero-order valence-electron chi connectivity index (χ0n) is 12.6. The van der Waals surface area contributed by atoms with Crippen LogP contribution in [0.4, 0.5) is 0 Å². The van der Waals surface area contributed by atoms with E-state index in [1.807, 2.05) is 44.2 Å². The maximum absolute atomic E-state index is 5.85. The number of benzene rings is 1. The Kier molecular flexibility index (Phi) is 5.77. The third-order valence-electron chi connectivity index (χ3n) is 3.15. The number of terminal acetylenes is 1. The zero-order valence-corrected chi connectivity index (χ0v) is 12.6. The average Bonchev–Trinajstić information content (AvgIpc) is 2.75. The molecular weight excluding hydrogens is 268 g/mol. The minimum absolute atomic E-state index is 0.151. The van der Waals surface area contributed by atoms with Crippen molar-refractivity contribution < 1.29 is 18.9 Å². The van der Waals surface area contributed by atoms with Gasteiger partial charge >= 0.3 is 0 Å². The van der Waals surface area contributed by atoms with Gasteiger partial charge in [-0.3, -0.25) is 0 Å². The van der Waals surface area contributed by atoms with Crippen LogP contribution in [0.25, 0.3) is 0 Å². The molecular formula is C17H22O4. The van der Waals surface area contributed by atoms with Crippen LogP contribution in [0, 0.1) is 12.3 Å². The summed E-state index contributed by atoms with van der Waals surface area (Å²) < 4.78 is 22.8. The molecule has 0 amide bonds. The van der Waals surface area contributed by atoms with Crippen molar-refractivity contribution in [3.63, 3.8) is 0 Å². The molecule has 0 N–H and O–H groups in total. The molecule has 0 aliphatic carbocycles. The molecule has 21 heavy (non-hydrogen) atoms. The van der Waals surface area contributed by atoms with E-state index in [-0.39, 0.29) is 18.8 Å². The highest BCUT2D eigenvalue weighted by Gasteiger charge is 2.41. The molecule has 0 radical (unpaired) electrons. The smallest absolute Gasteiger partial charge is 0.163 e. The molecule has 2 rings (SSSR count). The Balaban J connectivity index is 1.80. The van der Waals surface area contributed by atoms with Crippen molar-refractivity contribution in [3.8, 4) is 12.3 Å². The lowest BCUT2D eigenvalue weighted by Crippen LogP contribution is -2.31. The number of hydrogen-bond donors (Lipinski definition) is 0. The summed E-state index contributed by atoms with van der Waals surface area (Å²) in [4.78, 5) is 0. The van der Waals surface area contributed by atoms with Gasteiger partial charge < -0.3 is 18.9 Å². The molecule has 1 aromatic carbocycles. The second-order valence-corrected chi connectivity index (χ2v) is 5.43. The van der Waals surface area contributed by atoms with Crippen molar-refractivity contribution >= 4 is 0 Å². The highest BCUT2D eigenvalue weighted by Crippen LogP contribution is 2.28. The summed E-state index contributed by atoms with van der Waals surface area (Å²) in [5, 5.41) is 0. The Morgan fingerprint density at radius 3 is 2.33 bits per heavy atom. The van der Waals surface area contributed by atoms with Crippen molar-refractivity contribution in [1.82, 2.24) is 0 Å². The van der Waals surface area contributed by atoms with Crippen LogP contribution < -0.4 is 0 Å². The Hall–Kier alpha value is -1.38. The van der Waals surface area contributed by atoms with Crippen LogP contribution in [0.15, 0.2) is 30.3 Å². The van der Waals surface area contributed by atoms with Crippen molar-refractivity contribution in [3.05, 3.63) is 35.9 Å². The van der Waals surface area contributed by atoms with Gasteiger partial charge in [-0.25, -0.2) is 0 Å². The summed E-state index contributed by atoms with van der Waals surface area (Å²) in [6.45, 7) is 5.48. The van der Waals surface area contributed by atoms with Gasteiger partial charge in [0.05, 0.1) is 19.8 Å². The predicted molar refractivity (Wildman–Crippen MR) is 79.6 cm³/mol. The van der Waals surface area contributed by atoms with Crippen LogP contribution in [-0.2, 0) is 25.6 Å². The first kappa shape index (κ1) is 16.0. The molecule has 1 saturated heterocycles. The summed E-state index contributed by atoms with van der Waals surface area (Å²) >= 11 is 0. The summed E-state index contributed by atoms with van der Waals surface area (Å²) in [6.07, 6.45) is 4.86. The maximum atomic E-state index is 5.85. The van der Waals surface area contributed by atoms with Gasteiger partial charge in [0.15, 0.2) is 5.79 Å². The predicted octanol–water partition coefficient (Wildman–Crippen LogP) is 2.37. The summed E-state index contributed by atoms with van der Waals surface area (Å²) in [5.74, 6) is 1.82. The van der Waals surface area contributed by atoms with Crippen LogP contribution in [0.1, 0.15) is 19.4 Å². The Labute approximate surface area is 126 Å². The molecule has 4 heteroatoms. The van der Waals surface area contributed by atoms with Crippen molar-refractivity contribution in [2.45, 2.75) is 38.4 Å². The fourth-order valence-electron chi connectivity index (χ4n) is 2.29. The van der Waals surface area contributed by atoms with Gasteiger partial charge in [-0.15, -0.1) is 6.42 Å². The van der Waals surface area contributed by atoms with Gasteiger partial charge in [0, 0.05) is 0 Å². The average molecular weight is 290 g/mol. The topological polar surface area (TPSA) is 36.9 Å². The van der Waals surface area contributed by atoms with E-state index in [9.17, 15) is 0 Å². The summed E-state index contributed by atoms with van der Waals surface area (Å²) in [6, 6.07) is 10.0. The van der Waals surface area contributed by atoms with Gasteiger partial charge in [0.2, 0.25) is 0 Å². The van der Waals surface area contributed by atoms with Crippen LogP contribution in [0.5, 0.6) is 0 Å². The maximum Gasteiger partial charge on any atom is 0.163 e. The molecule has 4 nitrogen and oxygen atoms in total. The quantitative estimate of drug-likeness (QED) is 0.571. The SMILES string of the molecule is C#CCOC[C@@H]1OC(C)(C)O[C@H]1COCc1ccccc1. The molecule has 0 saturated carbocycles. The lowest BCUT2D eigenvalue weighted by Gasteiger charge is -2.16. The number of ether oxygens (including phenoxy) is 4. The Morgan fingerprint density at radius 1 is 1.10 bits per heavy atom. The van der Waals surface area contributed by atoms with E-state index in [1.165, 1.54) is 0 Å². The lowest BCUT2D eigenvalue weighted by atomic mass is 10.2. The first-order valence-corrected chi connectivity index (χ1v) is 7.09.